The number of imidazole rings is 1. The van der Waals surface area contributed by atoms with Crippen LogP contribution in [-0.4, -0.2) is 39.4 Å². The molecule has 0 aromatic carbocycles. The highest BCUT2D eigenvalue weighted by atomic mass is 35.5. The number of nitrogens with zero attached hydrogens (tertiary/aromatic N) is 3. The maximum Gasteiger partial charge on any atom is 0.263 e. The van der Waals surface area contributed by atoms with E-state index >= 15 is 0 Å². The molecule has 4 heterocycles. The maximum absolute atomic E-state index is 12.3. The van der Waals surface area contributed by atoms with Crippen molar-refractivity contribution in [1.29, 1.82) is 0 Å². The SMILES string of the molecule is O=C(N[C@H]1CCNC1)c1cnc(-c2cnc3ccc(Cl)cn23)s1. The molecule has 118 valence electrons. The molecule has 0 spiro atoms. The van der Waals surface area contributed by atoms with Crippen molar-refractivity contribution in [2.75, 3.05) is 13.1 Å². The molecule has 4 rings (SSSR count). The standard InChI is InChI=1S/C15H14ClN5OS/c16-9-1-2-13-18-6-11(21(13)8-9)15-19-7-12(23-15)14(22)20-10-3-4-17-5-10/h1-2,6-8,10,17H,3-5H2,(H,20,22)/t10-/m0/s1. The Bertz CT molecular complexity index is 868. The Morgan fingerprint density at radius 3 is 3.13 bits per heavy atom. The molecule has 1 saturated heterocycles. The zero-order valence-corrected chi connectivity index (χ0v) is 13.7. The molecule has 1 amide bonds. The first-order chi connectivity index (χ1) is 11.2. The quantitative estimate of drug-likeness (QED) is 0.762. The summed E-state index contributed by atoms with van der Waals surface area (Å²) in [6.07, 6.45) is 6.11. The molecule has 0 aliphatic carbocycles. The third kappa shape index (κ3) is 2.83. The molecule has 0 saturated carbocycles. The lowest BCUT2D eigenvalue weighted by molar-refractivity contribution is 0.0944. The molecule has 0 unspecified atom stereocenters. The number of hydrogen-bond acceptors (Lipinski definition) is 5. The Balaban J connectivity index is 1.61. The zero-order chi connectivity index (χ0) is 15.8. The van der Waals surface area contributed by atoms with E-state index in [-0.39, 0.29) is 11.9 Å². The minimum Gasteiger partial charge on any atom is -0.347 e. The summed E-state index contributed by atoms with van der Waals surface area (Å²) in [6, 6.07) is 3.84. The molecule has 0 radical (unpaired) electrons. The van der Waals surface area contributed by atoms with Gasteiger partial charge in [0.1, 0.15) is 21.2 Å². The second-order valence-electron chi connectivity index (χ2n) is 5.41. The molecule has 0 bridgehead atoms. The predicted molar refractivity (Wildman–Crippen MR) is 90.1 cm³/mol. The van der Waals surface area contributed by atoms with Crippen LogP contribution in [0.15, 0.2) is 30.7 Å². The number of rotatable bonds is 3. The summed E-state index contributed by atoms with van der Waals surface area (Å²) in [5.41, 5.74) is 1.62. The smallest absolute Gasteiger partial charge is 0.263 e. The van der Waals surface area contributed by atoms with Crippen LogP contribution in [0.3, 0.4) is 0 Å². The highest BCUT2D eigenvalue weighted by Crippen LogP contribution is 2.27. The van der Waals surface area contributed by atoms with Gasteiger partial charge in [-0.05, 0) is 25.1 Å². The normalized spacial score (nSPS) is 17.7. The highest BCUT2D eigenvalue weighted by Gasteiger charge is 2.20. The van der Waals surface area contributed by atoms with E-state index in [1.807, 2.05) is 10.5 Å². The van der Waals surface area contributed by atoms with Crippen LogP contribution in [0.2, 0.25) is 5.02 Å². The molecule has 3 aromatic heterocycles. The Kier molecular flexibility index (Phi) is 3.76. The van der Waals surface area contributed by atoms with Crippen molar-refractivity contribution in [3.63, 3.8) is 0 Å². The van der Waals surface area contributed by atoms with E-state index in [0.717, 1.165) is 35.9 Å². The fraction of sp³-hybridized carbons (Fsp3) is 0.267. The van der Waals surface area contributed by atoms with Crippen molar-refractivity contribution in [2.24, 2.45) is 0 Å². The third-order valence-corrected chi connectivity index (χ3v) is 5.06. The van der Waals surface area contributed by atoms with Crippen molar-refractivity contribution in [2.45, 2.75) is 12.5 Å². The summed E-state index contributed by atoms with van der Waals surface area (Å²) in [6.45, 7) is 1.77. The number of nitrogens with one attached hydrogen (secondary N) is 2. The molecule has 6 nitrogen and oxygen atoms in total. The summed E-state index contributed by atoms with van der Waals surface area (Å²) in [5, 5.41) is 7.63. The van der Waals surface area contributed by atoms with Gasteiger partial charge in [-0.15, -0.1) is 11.3 Å². The van der Waals surface area contributed by atoms with Crippen LogP contribution in [0.1, 0.15) is 16.1 Å². The molecule has 1 fully saturated rings. The first-order valence-electron chi connectivity index (χ1n) is 7.31. The van der Waals surface area contributed by atoms with Crippen LogP contribution in [0.25, 0.3) is 16.3 Å². The fourth-order valence-corrected chi connectivity index (χ4v) is 3.63. The Morgan fingerprint density at radius 1 is 1.39 bits per heavy atom. The summed E-state index contributed by atoms with van der Waals surface area (Å²) >= 11 is 7.41. The van der Waals surface area contributed by atoms with E-state index < -0.39 is 0 Å². The lowest BCUT2D eigenvalue weighted by Crippen LogP contribution is -2.35. The lowest BCUT2D eigenvalue weighted by Gasteiger charge is -2.09. The molecule has 3 aromatic rings. The molecule has 23 heavy (non-hydrogen) atoms. The number of carbonyl (C=O) groups is 1. The lowest BCUT2D eigenvalue weighted by atomic mass is 10.2. The summed E-state index contributed by atoms with van der Waals surface area (Å²) in [4.78, 5) is 21.6. The van der Waals surface area contributed by atoms with E-state index in [4.69, 9.17) is 11.6 Å². The van der Waals surface area contributed by atoms with Crippen LogP contribution in [0, 0.1) is 0 Å². The van der Waals surface area contributed by atoms with Gasteiger partial charge in [0.2, 0.25) is 0 Å². The largest absolute Gasteiger partial charge is 0.347 e. The zero-order valence-electron chi connectivity index (χ0n) is 12.1. The van der Waals surface area contributed by atoms with E-state index in [9.17, 15) is 4.79 Å². The van der Waals surface area contributed by atoms with Crippen LogP contribution in [0.5, 0.6) is 0 Å². The fourth-order valence-electron chi connectivity index (χ4n) is 2.64. The average Bonchev–Trinajstić information content (AvgIpc) is 3.26. The molecular formula is C15H14ClN5OS. The first-order valence-corrected chi connectivity index (χ1v) is 8.50. The average molecular weight is 348 g/mol. The highest BCUT2D eigenvalue weighted by molar-refractivity contribution is 7.16. The van der Waals surface area contributed by atoms with E-state index in [2.05, 4.69) is 20.6 Å². The summed E-state index contributed by atoms with van der Waals surface area (Å²) in [7, 11) is 0. The van der Waals surface area contributed by atoms with Crippen molar-refractivity contribution in [3.05, 3.63) is 40.6 Å². The van der Waals surface area contributed by atoms with Crippen molar-refractivity contribution < 1.29 is 4.79 Å². The van der Waals surface area contributed by atoms with E-state index in [0.29, 0.717) is 9.90 Å². The second-order valence-corrected chi connectivity index (χ2v) is 6.88. The van der Waals surface area contributed by atoms with Crippen LogP contribution in [0.4, 0.5) is 0 Å². The van der Waals surface area contributed by atoms with Gasteiger partial charge in [-0.25, -0.2) is 9.97 Å². The molecule has 8 heteroatoms. The monoisotopic (exact) mass is 347 g/mol. The Hall–Kier alpha value is -1.96. The maximum atomic E-state index is 12.3. The number of aromatic nitrogens is 3. The van der Waals surface area contributed by atoms with Crippen LogP contribution < -0.4 is 10.6 Å². The topological polar surface area (TPSA) is 71.3 Å². The van der Waals surface area contributed by atoms with Gasteiger partial charge in [0.25, 0.3) is 5.91 Å². The summed E-state index contributed by atoms with van der Waals surface area (Å²) < 4.78 is 1.88. The third-order valence-electron chi connectivity index (χ3n) is 3.81. The van der Waals surface area contributed by atoms with Gasteiger partial charge in [-0.2, -0.15) is 0 Å². The Morgan fingerprint density at radius 2 is 2.30 bits per heavy atom. The van der Waals surface area contributed by atoms with Crippen molar-refractivity contribution in [3.8, 4) is 10.7 Å². The number of amides is 1. The van der Waals surface area contributed by atoms with E-state index in [1.54, 1.807) is 24.7 Å². The van der Waals surface area contributed by atoms with Crippen LogP contribution in [-0.2, 0) is 0 Å². The van der Waals surface area contributed by atoms with E-state index in [1.165, 1.54) is 11.3 Å². The number of halogens is 1. The van der Waals surface area contributed by atoms with Crippen LogP contribution >= 0.6 is 22.9 Å². The Labute approximate surface area is 141 Å². The molecule has 1 aliphatic heterocycles. The molecule has 1 aliphatic rings. The number of thiazole rings is 1. The van der Waals surface area contributed by atoms with Gasteiger partial charge >= 0.3 is 0 Å². The van der Waals surface area contributed by atoms with Gasteiger partial charge in [0.05, 0.1) is 17.4 Å². The number of carbonyl (C=O) groups excluding carboxylic acids is 1. The number of fused-ring (bicyclic) bond motifs is 1. The number of hydrogen-bond donors (Lipinski definition) is 2. The minimum absolute atomic E-state index is 0.0747. The molecular weight excluding hydrogens is 334 g/mol. The van der Waals surface area contributed by atoms with Gasteiger partial charge in [-0.3, -0.25) is 9.20 Å². The predicted octanol–water partition coefficient (Wildman–Crippen LogP) is 2.20. The molecule has 2 N–H and O–H groups in total. The van der Waals surface area contributed by atoms with Gasteiger partial charge in [0, 0.05) is 18.8 Å². The summed E-state index contributed by atoms with van der Waals surface area (Å²) in [5.74, 6) is -0.0747. The van der Waals surface area contributed by atoms with Gasteiger partial charge in [-0.1, -0.05) is 11.6 Å². The first kappa shape index (κ1) is 14.6. The van der Waals surface area contributed by atoms with Gasteiger partial charge < -0.3 is 10.6 Å². The minimum atomic E-state index is -0.0747. The molecule has 1 atom stereocenters. The van der Waals surface area contributed by atoms with Crippen molar-refractivity contribution in [1.82, 2.24) is 25.0 Å². The second kappa shape index (κ2) is 5.92. The number of pyridine rings is 1. The van der Waals surface area contributed by atoms with Crippen molar-refractivity contribution >= 4 is 34.5 Å². The van der Waals surface area contributed by atoms with Gasteiger partial charge in [0.15, 0.2) is 0 Å².